The Hall–Kier alpha value is -2.62. The van der Waals surface area contributed by atoms with Crippen molar-refractivity contribution >= 4 is 23.3 Å². The lowest BCUT2D eigenvalue weighted by atomic mass is 9.82. The number of aliphatic hydroxyl groups excluding tert-OH is 4. The zero-order valence-electron chi connectivity index (χ0n) is 33.9. The summed E-state index contributed by atoms with van der Waals surface area (Å²) >= 11 is 0. The molecule has 13 heteroatoms. The van der Waals surface area contributed by atoms with Crippen LogP contribution in [0.3, 0.4) is 0 Å². The molecule has 13 nitrogen and oxygen atoms in total. The Morgan fingerprint density at radius 2 is 1.59 bits per heavy atom. The van der Waals surface area contributed by atoms with Crippen molar-refractivity contribution in [3.05, 3.63) is 36.0 Å². The molecule has 54 heavy (non-hydrogen) atoms. The van der Waals surface area contributed by atoms with Crippen molar-refractivity contribution in [1.82, 2.24) is 0 Å². The number of cyclic esters (lactones) is 1. The fraction of sp³-hybridized carbons (Fsp3) is 0.756. The van der Waals surface area contributed by atoms with Crippen molar-refractivity contribution in [1.29, 1.82) is 0 Å². The number of ketones is 3. The Bertz CT molecular complexity index is 1350. The number of methoxy groups -OCH3 is 1. The molecule has 1 saturated heterocycles. The van der Waals surface area contributed by atoms with Gasteiger partial charge < -0.3 is 44.5 Å². The van der Waals surface area contributed by atoms with E-state index in [1.807, 2.05) is 6.92 Å². The molecule has 0 saturated carbocycles. The van der Waals surface area contributed by atoms with E-state index in [0.29, 0.717) is 6.42 Å². The minimum atomic E-state index is -1.88. The van der Waals surface area contributed by atoms with Crippen molar-refractivity contribution in [3.8, 4) is 0 Å². The molecule has 12 unspecified atom stereocenters. The quantitative estimate of drug-likeness (QED) is 0.255. The molecule has 5 N–H and O–H groups in total. The highest BCUT2D eigenvalue weighted by Gasteiger charge is 2.42. The SMILES string of the molecule is CO[C@H]1C[C@@H](C)O[C@@H](OC2C(C)C=CC(=O)C(C)C=C(C)C(=O)C(C)C(O)CC(=O)OC(C(C)C(C)O)C(C)C(O)CC=CC(=O)C(C)(O)CC2C)[C@@H]1O. The van der Waals surface area contributed by atoms with Gasteiger partial charge in [0.1, 0.15) is 17.8 Å². The third-order valence-corrected chi connectivity index (χ3v) is 11.1. The van der Waals surface area contributed by atoms with E-state index < -0.39 is 114 Å². The third-order valence-electron chi connectivity index (χ3n) is 11.1. The molecule has 0 aromatic heterocycles. The van der Waals surface area contributed by atoms with E-state index in [0.717, 1.165) is 0 Å². The molecular weight excluding hydrogens is 700 g/mol. The first-order valence-corrected chi connectivity index (χ1v) is 19.2. The zero-order valence-corrected chi connectivity index (χ0v) is 33.9. The molecule has 2 aliphatic heterocycles. The zero-order chi connectivity index (χ0) is 41.2. The van der Waals surface area contributed by atoms with Gasteiger partial charge in [-0.25, -0.2) is 0 Å². The summed E-state index contributed by atoms with van der Waals surface area (Å²) < 4.78 is 23.5. The molecule has 308 valence electrons. The highest BCUT2D eigenvalue weighted by Crippen LogP contribution is 2.32. The predicted molar refractivity (Wildman–Crippen MR) is 201 cm³/mol. The smallest absolute Gasteiger partial charge is 0.308 e. The average Bonchev–Trinajstić information content (AvgIpc) is 3.10. The second-order valence-electron chi connectivity index (χ2n) is 16.0. The van der Waals surface area contributed by atoms with Crippen LogP contribution in [0.15, 0.2) is 36.0 Å². The molecule has 0 amide bonds. The fourth-order valence-electron chi connectivity index (χ4n) is 7.15. The number of carbonyl (C=O) groups is 4. The summed E-state index contributed by atoms with van der Waals surface area (Å²) in [4.78, 5) is 53.0. The van der Waals surface area contributed by atoms with E-state index in [9.17, 15) is 44.7 Å². The Labute approximate surface area is 320 Å². The van der Waals surface area contributed by atoms with Crippen LogP contribution < -0.4 is 0 Å². The van der Waals surface area contributed by atoms with Gasteiger partial charge in [-0.3, -0.25) is 19.2 Å². The van der Waals surface area contributed by atoms with Crippen LogP contribution in [0.5, 0.6) is 0 Å². The normalized spacial score (nSPS) is 40.4. The van der Waals surface area contributed by atoms with Gasteiger partial charge in [-0.1, -0.05) is 59.8 Å². The van der Waals surface area contributed by atoms with Gasteiger partial charge in [0, 0.05) is 43.1 Å². The van der Waals surface area contributed by atoms with Crippen LogP contribution in [-0.2, 0) is 38.1 Å². The monoisotopic (exact) mass is 766 g/mol. The number of carbonyl (C=O) groups excluding carboxylic acids is 4. The largest absolute Gasteiger partial charge is 0.462 e. The number of hydrogen-bond acceptors (Lipinski definition) is 13. The summed E-state index contributed by atoms with van der Waals surface area (Å²) in [6.07, 6.45) is -1.39. The van der Waals surface area contributed by atoms with E-state index in [1.54, 1.807) is 40.7 Å². The Morgan fingerprint density at radius 3 is 2.19 bits per heavy atom. The van der Waals surface area contributed by atoms with Crippen molar-refractivity contribution in [2.75, 3.05) is 7.11 Å². The van der Waals surface area contributed by atoms with Gasteiger partial charge in [-0.15, -0.1) is 0 Å². The van der Waals surface area contributed by atoms with Gasteiger partial charge in [0.25, 0.3) is 0 Å². The van der Waals surface area contributed by atoms with Gasteiger partial charge in [-0.2, -0.15) is 0 Å². The van der Waals surface area contributed by atoms with E-state index in [1.165, 1.54) is 59.1 Å². The molecule has 0 spiro atoms. The Morgan fingerprint density at radius 1 is 0.963 bits per heavy atom. The number of hydrogen-bond donors (Lipinski definition) is 5. The van der Waals surface area contributed by atoms with Crippen molar-refractivity contribution in [2.24, 2.45) is 35.5 Å². The van der Waals surface area contributed by atoms with Crippen LogP contribution in [0, 0.1) is 35.5 Å². The number of esters is 1. The maximum atomic E-state index is 13.4. The van der Waals surface area contributed by atoms with Crippen LogP contribution in [0.2, 0.25) is 0 Å². The highest BCUT2D eigenvalue weighted by atomic mass is 16.7. The number of rotatable bonds is 5. The maximum Gasteiger partial charge on any atom is 0.308 e. The third kappa shape index (κ3) is 13.3. The second-order valence-corrected chi connectivity index (χ2v) is 16.0. The number of aliphatic hydroxyl groups is 5. The summed E-state index contributed by atoms with van der Waals surface area (Å²) in [5.74, 6) is -6.35. The van der Waals surface area contributed by atoms with Crippen LogP contribution in [0.4, 0.5) is 0 Å². The van der Waals surface area contributed by atoms with Crippen molar-refractivity contribution in [2.45, 2.75) is 156 Å². The van der Waals surface area contributed by atoms with Gasteiger partial charge in [0.05, 0.1) is 43.0 Å². The molecule has 2 aliphatic rings. The standard InChI is InChI=1S/C41H66O13/c1-21-15-16-30(43)22(2)17-23(3)36(48)27(7)32(45)19-35(47)53-39(26(6)29(9)42)28(8)31(44)13-12-14-34(46)41(10,50)20-24(4)38(21)54-40-37(49)33(51-11)18-25(5)52-40/h12,14-17,21-22,24-29,31-33,37-40,42,44-45,49-50H,13,18-20H2,1-11H3/t21?,22?,24?,25-,26?,27?,28?,29?,31?,32?,33+,37-,38?,39?,40+,41?/m1/s1. The number of allylic oxidation sites excluding steroid dienone is 3. The molecule has 0 aromatic carbocycles. The van der Waals surface area contributed by atoms with E-state index in [2.05, 4.69) is 0 Å². The Kier molecular flexibility index (Phi) is 18.5. The molecular formula is C41H66O13. The van der Waals surface area contributed by atoms with E-state index in [-0.39, 0.29) is 30.3 Å². The first-order valence-electron chi connectivity index (χ1n) is 19.2. The van der Waals surface area contributed by atoms with E-state index >= 15 is 0 Å². The van der Waals surface area contributed by atoms with Crippen LogP contribution in [-0.4, -0.2) is 117 Å². The number of Topliss-reactive ketones (excluding diaryl/α,β-unsaturated/α-hetero) is 1. The summed E-state index contributed by atoms with van der Waals surface area (Å²) in [5.41, 5.74) is -1.65. The first-order chi connectivity index (χ1) is 25.0. The fourth-order valence-corrected chi connectivity index (χ4v) is 7.15. The molecule has 1 fully saturated rings. The predicted octanol–water partition coefficient (Wildman–Crippen LogP) is 3.41. The van der Waals surface area contributed by atoms with E-state index in [4.69, 9.17) is 18.9 Å². The van der Waals surface area contributed by atoms with Crippen LogP contribution in [0.25, 0.3) is 0 Å². The lowest BCUT2D eigenvalue weighted by molar-refractivity contribution is -0.289. The minimum absolute atomic E-state index is 0.0470. The second kappa shape index (κ2) is 21.1. The van der Waals surface area contributed by atoms with Gasteiger partial charge in [0.15, 0.2) is 23.6 Å². The van der Waals surface area contributed by atoms with Crippen molar-refractivity contribution in [3.63, 3.8) is 0 Å². The molecule has 0 bridgehead atoms. The molecule has 2 rings (SSSR count). The van der Waals surface area contributed by atoms with Gasteiger partial charge in [-0.05, 0) is 64.2 Å². The Balaban J connectivity index is 2.56. The van der Waals surface area contributed by atoms with Crippen LogP contribution >= 0.6 is 0 Å². The molecule has 0 aromatic rings. The lowest BCUT2D eigenvalue weighted by Crippen LogP contribution is -2.52. The molecule has 2 heterocycles. The highest BCUT2D eigenvalue weighted by molar-refractivity contribution is 5.99. The molecule has 0 radical (unpaired) electrons. The van der Waals surface area contributed by atoms with Gasteiger partial charge >= 0.3 is 5.97 Å². The topological polar surface area (TPSA) is 206 Å². The van der Waals surface area contributed by atoms with Gasteiger partial charge in [0.2, 0.25) is 0 Å². The minimum Gasteiger partial charge on any atom is -0.462 e. The average molecular weight is 767 g/mol. The van der Waals surface area contributed by atoms with Crippen LogP contribution in [0.1, 0.15) is 94.9 Å². The summed E-state index contributed by atoms with van der Waals surface area (Å²) in [7, 11) is 1.49. The summed E-state index contributed by atoms with van der Waals surface area (Å²) in [6.45, 7) is 16.2. The summed E-state index contributed by atoms with van der Waals surface area (Å²) in [6, 6.07) is 0. The molecule has 16 atom stereocenters. The lowest BCUT2D eigenvalue weighted by Gasteiger charge is -2.41. The number of ether oxygens (including phenoxy) is 4. The maximum absolute atomic E-state index is 13.4. The molecule has 0 aliphatic carbocycles. The van der Waals surface area contributed by atoms with Crippen molar-refractivity contribution < 1.29 is 63.7 Å². The summed E-state index contributed by atoms with van der Waals surface area (Å²) in [5, 5.41) is 54.7. The first kappa shape index (κ1) is 47.5.